The van der Waals surface area contributed by atoms with Gasteiger partial charge in [0.15, 0.2) is 23.1 Å². The van der Waals surface area contributed by atoms with E-state index in [-0.39, 0.29) is 24.3 Å². The second kappa shape index (κ2) is 16.5. The summed E-state index contributed by atoms with van der Waals surface area (Å²) >= 11 is 0. The van der Waals surface area contributed by atoms with Crippen molar-refractivity contribution >= 4 is 34.1 Å². The van der Waals surface area contributed by atoms with E-state index in [0.717, 1.165) is 45.3 Å². The fourth-order valence-electron chi connectivity index (χ4n) is 5.85. The molecule has 0 spiro atoms. The number of amides is 2. The van der Waals surface area contributed by atoms with E-state index in [9.17, 15) is 14.0 Å². The Morgan fingerprint density at radius 1 is 0.898 bits per heavy atom. The third kappa shape index (κ3) is 8.62. The molecule has 0 bridgehead atoms. The number of hydrogen-bond acceptors (Lipinski definition) is 8. The Morgan fingerprint density at radius 3 is 2.29 bits per heavy atom. The molecule has 260 valence electrons. The van der Waals surface area contributed by atoms with Crippen molar-refractivity contribution in [1.29, 1.82) is 0 Å². The minimum absolute atomic E-state index is 0.0720. The van der Waals surface area contributed by atoms with Crippen molar-refractivity contribution in [3.8, 4) is 23.0 Å². The highest BCUT2D eigenvalue weighted by Crippen LogP contribution is 2.38. The van der Waals surface area contributed by atoms with Gasteiger partial charge in [0.2, 0.25) is 11.8 Å². The van der Waals surface area contributed by atoms with Crippen LogP contribution >= 0.6 is 0 Å². The number of pyridine rings is 1. The lowest BCUT2D eigenvalue weighted by Gasteiger charge is -2.30. The van der Waals surface area contributed by atoms with Crippen LogP contribution in [-0.2, 0) is 14.3 Å². The zero-order valence-corrected chi connectivity index (χ0v) is 28.0. The number of nitrogens with one attached hydrogen (secondary N) is 2. The second-order valence-electron chi connectivity index (χ2n) is 11.8. The van der Waals surface area contributed by atoms with Gasteiger partial charge in [-0.1, -0.05) is 20.3 Å². The summed E-state index contributed by atoms with van der Waals surface area (Å²) in [4.78, 5) is 33.8. The first-order valence-electron chi connectivity index (χ1n) is 16.5. The van der Waals surface area contributed by atoms with Gasteiger partial charge in [-0.15, -0.1) is 0 Å². The average Bonchev–Trinajstić information content (AvgIpc) is 3.11. The number of nitrogens with zero attached hydrogens (tertiary/aromatic N) is 2. The molecule has 3 aromatic carbocycles. The molecular weight excluding hydrogens is 634 g/mol. The van der Waals surface area contributed by atoms with Crippen molar-refractivity contribution in [3.05, 3.63) is 78.5 Å². The van der Waals surface area contributed by atoms with Gasteiger partial charge >= 0.3 is 0 Å². The molecule has 1 saturated heterocycles. The molecule has 1 fully saturated rings. The number of aromatic nitrogens is 1. The Bertz CT molecular complexity index is 1750. The minimum Gasteiger partial charge on any atom is -0.493 e. The van der Waals surface area contributed by atoms with Crippen molar-refractivity contribution in [2.24, 2.45) is 5.41 Å². The van der Waals surface area contributed by atoms with Crippen molar-refractivity contribution in [1.82, 2.24) is 9.88 Å². The fraction of sp³-hybridized carbons (Fsp3) is 0.378. The SMILES string of the molecule is CCCC(CC)(C(=O)Nc1ccc(F)cc1)C(=O)Nc1ccc(Oc2ccnc3cc(OCCCN4CCOCC4)c(OC)cc23)c(F)c1. The van der Waals surface area contributed by atoms with Crippen molar-refractivity contribution in [3.63, 3.8) is 0 Å². The molecule has 5 rings (SSSR count). The van der Waals surface area contributed by atoms with Crippen LogP contribution in [0.25, 0.3) is 10.9 Å². The smallest absolute Gasteiger partial charge is 0.240 e. The number of anilines is 2. The molecule has 49 heavy (non-hydrogen) atoms. The summed E-state index contributed by atoms with van der Waals surface area (Å²) in [7, 11) is 1.55. The number of hydrogen-bond donors (Lipinski definition) is 2. The lowest BCUT2D eigenvalue weighted by Crippen LogP contribution is -2.46. The molecule has 1 aromatic heterocycles. The summed E-state index contributed by atoms with van der Waals surface area (Å²) in [6.07, 6.45) is 3.41. The minimum atomic E-state index is -1.44. The number of fused-ring (bicyclic) bond motifs is 1. The number of morpholine rings is 1. The summed E-state index contributed by atoms with van der Waals surface area (Å²) in [6, 6.07) is 14.5. The van der Waals surface area contributed by atoms with Crippen LogP contribution < -0.4 is 24.8 Å². The van der Waals surface area contributed by atoms with Gasteiger partial charge in [-0.2, -0.15) is 0 Å². The van der Waals surface area contributed by atoms with E-state index in [2.05, 4.69) is 20.5 Å². The first-order chi connectivity index (χ1) is 23.8. The van der Waals surface area contributed by atoms with Gasteiger partial charge in [0, 0.05) is 54.7 Å². The molecule has 0 saturated carbocycles. The van der Waals surface area contributed by atoms with Crippen molar-refractivity contribution in [2.45, 2.75) is 39.5 Å². The van der Waals surface area contributed by atoms with Crippen LogP contribution in [0, 0.1) is 17.0 Å². The zero-order valence-electron chi connectivity index (χ0n) is 28.0. The zero-order chi connectivity index (χ0) is 34.8. The Balaban J connectivity index is 1.28. The number of rotatable bonds is 15. The molecule has 1 atom stereocenters. The lowest BCUT2D eigenvalue weighted by atomic mass is 9.78. The summed E-state index contributed by atoms with van der Waals surface area (Å²) < 4.78 is 51.9. The summed E-state index contributed by atoms with van der Waals surface area (Å²) in [5, 5.41) is 6.03. The average molecular weight is 677 g/mol. The monoisotopic (exact) mass is 676 g/mol. The van der Waals surface area contributed by atoms with E-state index in [1.54, 1.807) is 38.4 Å². The Hall–Kier alpha value is -4.81. The maximum Gasteiger partial charge on any atom is 0.240 e. The van der Waals surface area contributed by atoms with Crippen LogP contribution in [0.5, 0.6) is 23.0 Å². The molecule has 0 radical (unpaired) electrons. The largest absolute Gasteiger partial charge is 0.493 e. The molecule has 1 aliphatic rings. The Kier molecular flexibility index (Phi) is 12.0. The number of carbonyl (C=O) groups excluding carboxylic acids is 2. The lowest BCUT2D eigenvalue weighted by molar-refractivity contribution is -0.138. The predicted octanol–water partition coefficient (Wildman–Crippen LogP) is 7.19. The Labute approximate surface area is 284 Å². The topological polar surface area (TPSA) is 111 Å². The van der Waals surface area contributed by atoms with Gasteiger partial charge in [0.1, 0.15) is 17.0 Å². The quantitative estimate of drug-likeness (QED) is 0.101. The van der Waals surface area contributed by atoms with E-state index in [1.165, 1.54) is 36.4 Å². The van der Waals surface area contributed by atoms with Crippen LogP contribution in [0.4, 0.5) is 20.2 Å². The van der Waals surface area contributed by atoms with Gasteiger partial charge in [-0.25, -0.2) is 8.78 Å². The van der Waals surface area contributed by atoms with E-state index >= 15 is 4.39 Å². The highest BCUT2D eigenvalue weighted by atomic mass is 19.1. The van der Waals surface area contributed by atoms with Crippen LogP contribution in [-0.4, -0.2) is 68.3 Å². The maximum absolute atomic E-state index is 15.5. The van der Waals surface area contributed by atoms with Gasteiger partial charge in [0.05, 0.1) is 32.4 Å². The van der Waals surface area contributed by atoms with Crippen molar-refractivity contribution in [2.75, 3.05) is 57.2 Å². The number of ether oxygens (including phenoxy) is 4. The predicted molar refractivity (Wildman–Crippen MR) is 183 cm³/mol. The second-order valence-corrected chi connectivity index (χ2v) is 11.8. The first kappa shape index (κ1) is 35.5. The molecule has 4 aromatic rings. The molecule has 1 unspecified atom stereocenters. The van der Waals surface area contributed by atoms with Crippen LogP contribution in [0.3, 0.4) is 0 Å². The normalized spacial score (nSPS) is 14.6. The number of methoxy groups -OCH3 is 1. The maximum atomic E-state index is 15.5. The summed E-state index contributed by atoms with van der Waals surface area (Å²) in [6.45, 7) is 8.36. The molecule has 12 heteroatoms. The van der Waals surface area contributed by atoms with E-state index in [4.69, 9.17) is 18.9 Å². The third-order valence-corrected chi connectivity index (χ3v) is 8.63. The molecular formula is C37H42F2N4O6. The molecule has 10 nitrogen and oxygen atoms in total. The fourth-order valence-corrected chi connectivity index (χ4v) is 5.85. The summed E-state index contributed by atoms with van der Waals surface area (Å²) in [5.41, 5.74) is -0.327. The highest BCUT2D eigenvalue weighted by Gasteiger charge is 2.43. The number of carbonyl (C=O) groups is 2. The van der Waals surface area contributed by atoms with Gasteiger partial charge < -0.3 is 29.6 Å². The van der Waals surface area contributed by atoms with E-state index < -0.39 is 28.9 Å². The first-order valence-corrected chi connectivity index (χ1v) is 16.5. The van der Waals surface area contributed by atoms with Crippen LogP contribution in [0.15, 0.2) is 66.9 Å². The third-order valence-electron chi connectivity index (χ3n) is 8.63. The molecule has 2 amide bonds. The van der Waals surface area contributed by atoms with Crippen LogP contribution in [0.1, 0.15) is 39.5 Å². The van der Waals surface area contributed by atoms with Gasteiger partial charge in [-0.3, -0.25) is 19.5 Å². The van der Waals surface area contributed by atoms with Gasteiger partial charge in [0.25, 0.3) is 0 Å². The highest BCUT2D eigenvalue weighted by molar-refractivity contribution is 6.14. The molecule has 2 heterocycles. The summed E-state index contributed by atoms with van der Waals surface area (Å²) in [5.74, 6) is -0.944. The van der Waals surface area contributed by atoms with E-state index in [0.29, 0.717) is 46.9 Å². The van der Waals surface area contributed by atoms with Gasteiger partial charge in [-0.05, 0) is 67.8 Å². The Morgan fingerprint density at radius 2 is 1.61 bits per heavy atom. The standard InChI is InChI=1S/C37H42F2N4O6/c1-4-14-37(5-2,35(44)41-26-9-7-25(38)8-10-26)36(45)42-27-11-12-32(29(39)22-27)49-31-13-15-40-30-24-34(33(46-3)23-28(30)31)48-19-6-16-43-17-20-47-21-18-43/h7-13,15,22-24H,4-6,14,16-21H2,1-3H3,(H,41,44)(H,42,45). The molecule has 2 N–H and O–H groups in total. The molecule has 1 aliphatic heterocycles. The van der Waals surface area contributed by atoms with Crippen molar-refractivity contribution < 1.29 is 37.3 Å². The van der Waals surface area contributed by atoms with E-state index in [1.807, 2.05) is 6.92 Å². The number of halogens is 2. The van der Waals surface area contributed by atoms with Crippen LogP contribution in [0.2, 0.25) is 0 Å². The number of benzene rings is 3. The molecule has 0 aliphatic carbocycles.